The first-order valence-electron chi connectivity index (χ1n) is 14.3. The average molecular weight is 620 g/mol. The van der Waals surface area contributed by atoms with E-state index in [-0.39, 0.29) is 31.0 Å². The molecule has 0 bridgehead atoms. The molecule has 1 aliphatic heterocycles. The van der Waals surface area contributed by atoms with Crippen LogP contribution in [0.3, 0.4) is 0 Å². The number of aliphatic imine (C=N–C) groups is 2. The Labute approximate surface area is 258 Å². The molecule has 43 heavy (non-hydrogen) atoms. The molecule has 3 unspecified atom stereocenters. The van der Waals surface area contributed by atoms with Gasteiger partial charge in [-0.3, -0.25) is 4.99 Å². The van der Waals surface area contributed by atoms with Crippen molar-refractivity contribution in [3.05, 3.63) is 47.7 Å². The molecule has 2 heterocycles. The van der Waals surface area contributed by atoms with Crippen LogP contribution >= 0.6 is 11.6 Å². The van der Waals surface area contributed by atoms with Crippen LogP contribution in [-0.4, -0.2) is 112 Å². The number of benzene rings is 1. The second kappa shape index (κ2) is 20.9. The molecule has 0 saturated carbocycles. The largest absolute Gasteiger partial charge is 0.394 e. The van der Waals surface area contributed by atoms with Gasteiger partial charge in [-0.15, -0.1) is 18.0 Å². The highest BCUT2D eigenvalue weighted by Gasteiger charge is 2.30. The van der Waals surface area contributed by atoms with Gasteiger partial charge in [0.15, 0.2) is 12.0 Å². The molecule has 1 saturated heterocycles. The Bertz CT molecular complexity index is 1130. The van der Waals surface area contributed by atoms with Crippen LogP contribution in [0.5, 0.6) is 0 Å². The first-order valence-corrected chi connectivity index (χ1v) is 14.8. The molecule has 0 amide bonds. The summed E-state index contributed by atoms with van der Waals surface area (Å²) in [6.45, 7) is 7.98. The van der Waals surface area contributed by atoms with Gasteiger partial charge < -0.3 is 38.8 Å². The van der Waals surface area contributed by atoms with Crippen LogP contribution in [0.2, 0.25) is 0 Å². The maximum absolute atomic E-state index is 9.46. The molecule has 236 valence electrons. The van der Waals surface area contributed by atoms with Crippen LogP contribution in [0.15, 0.2) is 46.5 Å². The quantitative estimate of drug-likeness (QED) is 0.0510. The molecule has 13 heteroatoms. The summed E-state index contributed by atoms with van der Waals surface area (Å²) < 4.78 is 35.2. The minimum atomic E-state index is -0.347. The summed E-state index contributed by atoms with van der Waals surface area (Å²) in [6.07, 6.45) is 7.64. The molecule has 1 fully saturated rings. The summed E-state index contributed by atoms with van der Waals surface area (Å²) in [6, 6.07) is 9.70. The second-order valence-electron chi connectivity index (χ2n) is 9.36. The molecule has 2 aromatic rings. The Morgan fingerprint density at radius 1 is 1.07 bits per heavy atom. The fourth-order valence-corrected chi connectivity index (χ4v) is 4.46. The van der Waals surface area contributed by atoms with E-state index in [0.717, 1.165) is 12.0 Å². The van der Waals surface area contributed by atoms with E-state index in [1.807, 2.05) is 30.3 Å². The monoisotopic (exact) mass is 619 g/mol. The van der Waals surface area contributed by atoms with Gasteiger partial charge in [0.25, 0.3) is 0 Å². The third-order valence-electron chi connectivity index (χ3n) is 6.42. The smallest absolute Gasteiger partial charge is 0.163 e. The highest BCUT2D eigenvalue weighted by atomic mass is 35.5. The molecule has 12 nitrogen and oxygen atoms in total. The number of aliphatic hydroxyl groups is 1. The highest BCUT2D eigenvalue weighted by Crippen LogP contribution is 2.33. The number of terminal acetylenes is 1. The number of alkyl halides is 1. The predicted molar refractivity (Wildman–Crippen MR) is 164 cm³/mol. The number of aliphatic hydroxyl groups excluding tert-OH is 1. The third kappa shape index (κ3) is 12.0. The first-order chi connectivity index (χ1) is 21.2. The number of aromatic nitrogens is 2. The van der Waals surface area contributed by atoms with Gasteiger partial charge in [-0.2, -0.15) is 5.10 Å². The average Bonchev–Trinajstić information content (AvgIpc) is 3.69. The van der Waals surface area contributed by atoms with Crippen molar-refractivity contribution >= 4 is 30.0 Å². The maximum atomic E-state index is 9.46. The van der Waals surface area contributed by atoms with Crippen molar-refractivity contribution in [3.63, 3.8) is 0 Å². The standard InChI is InChI=1S/C30H42ClN5O7/c1-3-11-38-12-13-39-14-15-40-16-17-41-18-19-42-22-27(24-7-5-4-6-8-24)35-29(33-23-31)26-20-34-36(30(26)32-2)28-10-9-25(21-37)43-28/h1,4-8,20,25,27-28,37H,2,9-19,21-23H2,(H,33,35). The van der Waals surface area contributed by atoms with E-state index < -0.39 is 0 Å². The van der Waals surface area contributed by atoms with E-state index in [1.165, 1.54) is 0 Å². The van der Waals surface area contributed by atoms with Gasteiger partial charge in [0.05, 0.1) is 90.0 Å². The molecule has 1 aliphatic rings. The molecular formula is C30H42ClN5O7. The maximum Gasteiger partial charge on any atom is 0.163 e. The van der Waals surface area contributed by atoms with Gasteiger partial charge in [-0.05, 0) is 25.1 Å². The van der Waals surface area contributed by atoms with E-state index in [4.69, 9.17) is 46.4 Å². The number of rotatable bonds is 22. The van der Waals surface area contributed by atoms with Gasteiger partial charge >= 0.3 is 0 Å². The van der Waals surface area contributed by atoms with Crippen molar-refractivity contribution < 1.29 is 33.5 Å². The lowest BCUT2D eigenvalue weighted by molar-refractivity contribution is -0.0272. The van der Waals surface area contributed by atoms with Gasteiger partial charge in [-0.1, -0.05) is 36.3 Å². The molecule has 1 aromatic heterocycles. The van der Waals surface area contributed by atoms with Gasteiger partial charge in [0, 0.05) is 0 Å². The van der Waals surface area contributed by atoms with Crippen molar-refractivity contribution in [2.75, 3.05) is 78.7 Å². The van der Waals surface area contributed by atoms with Crippen LogP contribution in [-0.2, 0) is 28.4 Å². The summed E-state index contributed by atoms with van der Waals surface area (Å²) in [5.74, 6) is 3.42. The van der Waals surface area contributed by atoms with Crippen molar-refractivity contribution in [1.29, 1.82) is 0 Å². The van der Waals surface area contributed by atoms with Crippen LogP contribution in [0.1, 0.15) is 36.2 Å². The summed E-state index contributed by atoms with van der Waals surface area (Å²) in [5.41, 5.74) is 1.65. The van der Waals surface area contributed by atoms with Crippen LogP contribution in [0, 0.1) is 12.3 Å². The normalized spacial score (nSPS) is 17.6. The molecule has 1 aromatic carbocycles. The predicted octanol–water partition coefficient (Wildman–Crippen LogP) is 2.88. The lowest BCUT2D eigenvalue weighted by Gasteiger charge is -2.22. The van der Waals surface area contributed by atoms with Crippen LogP contribution in [0.25, 0.3) is 0 Å². The molecule has 3 rings (SSSR count). The van der Waals surface area contributed by atoms with Crippen molar-refractivity contribution in [1.82, 2.24) is 15.1 Å². The van der Waals surface area contributed by atoms with Gasteiger partial charge in [0.2, 0.25) is 0 Å². The Hall–Kier alpha value is -2.86. The SMILES string of the molecule is C#CCOCCOCCOCCOCCOCC(N/C(=N/CCl)c1cnn(C2CCC(CO)O2)c1N=C)c1ccccc1. The fraction of sp³-hybridized carbons (Fsp3) is 0.567. The summed E-state index contributed by atoms with van der Waals surface area (Å²) >= 11 is 6.06. The Balaban J connectivity index is 1.47. The van der Waals surface area contributed by atoms with E-state index >= 15 is 0 Å². The zero-order valence-corrected chi connectivity index (χ0v) is 25.2. The topological polar surface area (TPSA) is 130 Å². The third-order valence-corrected chi connectivity index (χ3v) is 6.54. The number of hydrogen-bond donors (Lipinski definition) is 2. The summed E-state index contributed by atoms with van der Waals surface area (Å²) in [7, 11) is 0. The minimum Gasteiger partial charge on any atom is -0.394 e. The van der Waals surface area contributed by atoms with Crippen molar-refractivity contribution in [2.45, 2.75) is 31.2 Å². The summed E-state index contributed by atoms with van der Waals surface area (Å²) in [5, 5.41) is 17.4. The zero-order chi connectivity index (χ0) is 30.5. The van der Waals surface area contributed by atoms with Gasteiger partial charge in [-0.25, -0.2) is 9.67 Å². The number of nitrogens with one attached hydrogen (secondary N) is 1. The van der Waals surface area contributed by atoms with E-state index in [9.17, 15) is 5.11 Å². The minimum absolute atomic E-state index is 0.0297. The fourth-order valence-electron chi connectivity index (χ4n) is 4.34. The first kappa shape index (κ1) is 34.6. The molecule has 0 spiro atoms. The van der Waals surface area contributed by atoms with Crippen LogP contribution in [0.4, 0.5) is 5.82 Å². The van der Waals surface area contributed by atoms with Gasteiger partial charge in [0.1, 0.15) is 18.4 Å². The van der Waals surface area contributed by atoms with Crippen molar-refractivity contribution in [3.8, 4) is 12.3 Å². The Morgan fingerprint density at radius 2 is 1.72 bits per heavy atom. The van der Waals surface area contributed by atoms with E-state index in [0.29, 0.717) is 89.7 Å². The molecule has 3 atom stereocenters. The molecular weight excluding hydrogens is 578 g/mol. The van der Waals surface area contributed by atoms with Crippen LogP contribution < -0.4 is 5.32 Å². The lowest BCUT2D eigenvalue weighted by atomic mass is 10.1. The number of hydrogen-bond acceptors (Lipinski definition) is 10. The van der Waals surface area contributed by atoms with E-state index in [1.54, 1.807) is 10.9 Å². The highest BCUT2D eigenvalue weighted by molar-refractivity contribution is 6.18. The Morgan fingerprint density at radius 3 is 2.30 bits per heavy atom. The van der Waals surface area contributed by atoms with E-state index in [2.05, 4.69) is 33.0 Å². The molecule has 0 radical (unpaired) electrons. The molecule has 0 aliphatic carbocycles. The number of nitrogens with zero attached hydrogens (tertiary/aromatic N) is 4. The van der Waals surface area contributed by atoms with Crippen molar-refractivity contribution in [2.24, 2.45) is 9.98 Å². The zero-order valence-electron chi connectivity index (χ0n) is 24.4. The summed E-state index contributed by atoms with van der Waals surface area (Å²) in [4.78, 5) is 8.72. The number of ether oxygens (including phenoxy) is 6. The number of amidine groups is 1. The Kier molecular flexibility index (Phi) is 16.9. The number of halogens is 1. The lowest BCUT2D eigenvalue weighted by Crippen LogP contribution is -2.33. The molecule has 2 N–H and O–H groups in total. The second-order valence-corrected chi connectivity index (χ2v) is 9.60.